The Hall–Kier alpha value is -1.53. The molecule has 0 radical (unpaired) electrons. The highest BCUT2D eigenvalue weighted by Crippen LogP contribution is 2.68. The number of rotatable bonds is 3. The third-order valence-electron chi connectivity index (χ3n) is 9.23. The second-order valence-electron chi connectivity index (χ2n) is 10.7. The quantitative estimate of drug-likeness (QED) is 0.683. The molecular formula is C24H34O6. The molecule has 0 aromatic rings. The molecule has 0 aliphatic heterocycles. The third kappa shape index (κ3) is 2.86. The van der Waals surface area contributed by atoms with Crippen LogP contribution in [0.15, 0.2) is 11.6 Å². The summed E-state index contributed by atoms with van der Waals surface area (Å²) in [5.41, 5.74) is -1.41. The first-order chi connectivity index (χ1) is 13.9. The summed E-state index contributed by atoms with van der Waals surface area (Å²) in [5.74, 6) is -0.287. The molecule has 3 saturated carbocycles. The van der Waals surface area contributed by atoms with Crippen LogP contribution < -0.4 is 0 Å². The first-order valence-corrected chi connectivity index (χ1v) is 11.3. The lowest BCUT2D eigenvalue weighted by Gasteiger charge is -2.61. The van der Waals surface area contributed by atoms with Gasteiger partial charge in [-0.3, -0.25) is 14.4 Å². The van der Waals surface area contributed by atoms with E-state index in [9.17, 15) is 24.6 Å². The Morgan fingerprint density at radius 3 is 2.63 bits per heavy atom. The largest absolute Gasteiger partial charge is 0.458 e. The van der Waals surface area contributed by atoms with Crippen LogP contribution in [0.3, 0.4) is 0 Å². The second-order valence-corrected chi connectivity index (χ2v) is 10.7. The zero-order chi connectivity index (χ0) is 22.1. The van der Waals surface area contributed by atoms with Crippen LogP contribution in [0, 0.1) is 34.5 Å². The fourth-order valence-corrected chi connectivity index (χ4v) is 7.87. The van der Waals surface area contributed by atoms with Crippen molar-refractivity contribution in [1.82, 2.24) is 0 Å². The maximum absolute atomic E-state index is 12.9. The fourth-order valence-electron chi connectivity index (χ4n) is 7.87. The van der Waals surface area contributed by atoms with Gasteiger partial charge in [-0.1, -0.05) is 26.3 Å². The number of carbonyl (C=O) groups is 3. The predicted molar refractivity (Wildman–Crippen MR) is 109 cm³/mol. The van der Waals surface area contributed by atoms with Gasteiger partial charge in [0.15, 0.2) is 12.4 Å². The minimum atomic E-state index is -1.60. The molecule has 166 valence electrons. The number of carbonyl (C=O) groups excluding carboxylic acids is 3. The summed E-state index contributed by atoms with van der Waals surface area (Å²) in [6.07, 6.45) is 4.66. The van der Waals surface area contributed by atoms with Crippen molar-refractivity contribution < 1.29 is 29.3 Å². The van der Waals surface area contributed by atoms with Crippen LogP contribution in [0.1, 0.15) is 66.2 Å². The molecular weight excluding hydrogens is 384 g/mol. The van der Waals surface area contributed by atoms with Crippen molar-refractivity contribution in [3.05, 3.63) is 11.6 Å². The average molecular weight is 419 g/mol. The molecule has 0 aromatic heterocycles. The molecule has 0 heterocycles. The summed E-state index contributed by atoms with van der Waals surface area (Å²) in [7, 11) is 0. The number of ketones is 2. The zero-order valence-electron chi connectivity index (χ0n) is 18.4. The van der Waals surface area contributed by atoms with Gasteiger partial charge in [0.1, 0.15) is 5.60 Å². The van der Waals surface area contributed by atoms with Crippen molar-refractivity contribution in [2.75, 3.05) is 6.61 Å². The van der Waals surface area contributed by atoms with Gasteiger partial charge in [-0.25, -0.2) is 0 Å². The lowest BCUT2D eigenvalue weighted by Crippen LogP contribution is -2.62. The highest BCUT2D eigenvalue weighted by molar-refractivity contribution is 5.92. The van der Waals surface area contributed by atoms with Gasteiger partial charge >= 0.3 is 5.97 Å². The summed E-state index contributed by atoms with van der Waals surface area (Å²) in [6.45, 7) is 7.09. The fraction of sp³-hybridized carbons (Fsp3) is 0.792. The summed E-state index contributed by atoms with van der Waals surface area (Å²) in [4.78, 5) is 36.2. The van der Waals surface area contributed by atoms with Crippen LogP contribution in [0.2, 0.25) is 0 Å². The van der Waals surface area contributed by atoms with Gasteiger partial charge in [-0.15, -0.1) is 0 Å². The van der Waals surface area contributed by atoms with Gasteiger partial charge in [0, 0.05) is 18.8 Å². The van der Waals surface area contributed by atoms with Crippen molar-refractivity contribution in [3.8, 4) is 0 Å². The lowest BCUT2D eigenvalue weighted by molar-refractivity contribution is -0.186. The van der Waals surface area contributed by atoms with E-state index in [1.54, 1.807) is 0 Å². The Morgan fingerprint density at radius 1 is 1.27 bits per heavy atom. The number of esters is 1. The molecule has 0 unspecified atom stereocenters. The normalized spacial score (nSPS) is 47.6. The highest BCUT2D eigenvalue weighted by atomic mass is 16.5. The summed E-state index contributed by atoms with van der Waals surface area (Å²) >= 11 is 0. The molecule has 2 N–H and O–H groups in total. The molecule has 6 heteroatoms. The minimum absolute atomic E-state index is 0.0250. The van der Waals surface area contributed by atoms with Crippen molar-refractivity contribution >= 4 is 17.5 Å². The maximum Gasteiger partial charge on any atom is 0.303 e. The minimum Gasteiger partial charge on any atom is -0.458 e. The molecule has 4 rings (SSSR count). The first kappa shape index (κ1) is 21.7. The Bertz CT molecular complexity index is 817. The van der Waals surface area contributed by atoms with E-state index < -0.39 is 35.5 Å². The van der Waals surface area contributed by atoms with Crippen molar-refractivity contribution in [2.45, 2.75) is 77.9 Å². The number of aliphatic hydroxyl groups excluding tert-OH is 1. The molecule has 30 heavy (non-hydrogen) atoms. The van der Waals surface area contributed by atoms with E-state index in [1.807, 2.05) is 13.0 Å². The van der Waals surface area contributed by atoms with Gasteiger partial charge in [0.25, 0.3) is 0 Å². The maximum atomic E-state index is 12.9. The van der Waals surface area contributed by atoms with Gasteiger partial charge in [-0.05, 0) is 67.3 Å². The van der Waals surface area contributed by atoms with Crippen molar-refractivity contribution in [1.29, 1.82) is 0 Å². The van der Waals surface area contributed by atoms with E-state index in [4.69, 9.17) is 4.74 Å². The van der Waals surface area contributed by atoms with E-state index in [-0.39, 0.29) is 34.9 Å². The van der Waals surface area contributed by atoms with E-state index in [0.29, 0.717) is 25.7 Å². The number of hydrogen-bond donors (Lipinski definition) is 2. The Balaban J connectivity index is 1.69. The predicted octanol–water partition coefficient (Wildman–Crippen LogP) is 2.60. The van der Waals surface area contributed by atoms with Crippen LogP contribution in [-0.4, -0.2) is 46.1 Å². The number of hydrogen-bond acceptors (Lipinski definition) is 6. The van der Waals surface area contributed by atoms with Crippen LogP contribution in [0.4, 0.5) is 0 Å². The third-order valence-corrected chi connectivity index (χ3v) is 9.23. The number of Topliss-reactive ketones (excluding diaryl/α,β-unsaturated/α-hetero) is 1. The molecule has 4 aliphatic rings. The van der Waals surface area contributed by atoms with E-state index in [0.717, 1.165) is 12.8 Å². The number of allylic oxidation sites excluding steroid dienone is 1. The smallest absolute Gasteiger partial charge is 0.303 e. The first-order valence-electron chi connectivity index (χ1n) is 11.3. The Morgan fingerprint density at radius 2 is 1.97 bits per heavy atom. The van der Waals surface area contributed by atoms with Crippen LogP contribution in [0.5, 0.6) is 0 Å². The second kappa shape index (κ2) is 6.99. The van der Waals surface area contributed by atoms with Gasteiger partial charge in [-0.2, -0.15) is 0 Å². The van der Waals surface area contributed by atoms with Crippen LogP contribution >= 0.6 is 0 Å². The van der Waals surface area contributed by atoms with E-state index in [1.165, 1.54) is 12.5 Å². The lowest BCUT2D eigenvalue weighted by atomic mass is 9.44. The van der Waals surface area contributed by atoms with E-state index >= 15 is 0 Å². The molecule has 0 bridgehead atoms. The Kier molecular flexibility index (Phi) is 5.06. The summed E-state index contributed by atoms with van der Waals surface area (Å²) in [6, 6.07) is 0. The van der Waals surface area contributed by atoms with Crippen molar-refractivity contribution in [3.63, 3.8) is 0 Å². The topological polar surface area (TPSA) is 101 Å². The molecule has 0 spiro atoms. The molecule has 0 amide bonds. The highest BCUT2D eigenvalue weighted by Gasteiger charge is 2.68. The summed E-state index contributed by atoms with van der Waals surface area (Å²) < 4.78 is 4.90. The summed E-state index contributed by atoms with van der Waals surface area (Å²) in [5, 5.41) is 22.9. The average Bonchev–Trinajstić information content (AvgIpc) is 2.93. The van der Waals surface area contributed by atoms with Gasteiger partial charge in [0.2, 0.25) is 5.78 Å². The molecule has 0 aromatic carbocycles. The van der Waals surface area contributed by atoms with Crippen molar-refractivity contribution in [2.24, 2.45) is 34.5 Å². The zero-order valence-corrected chi connectivity index (χ0v) is 18.4. The monoisotopic (exact) mass is 418 g/mol. The number of aliphatic hydroxyl groups is 2. The molecule has 6 nitrogen and oxygen atoms in total. The molecule has 8 atom stereocenters. The molecule has 3 fully saturated rings. The molecule has 0 saturated heterocycles. The molecule has 4 aliphatic carbocycles. The van der Waals surface area contributed by atoms with Gasteiger partial charge in [0.05, 0.1) is 6.10 Å². The standard InChI is InChI=1S/C24H34O6/c1-13-9-16-17-6-8-24(29,20(28)12-30-14(2)25)23(17,4)11-19(27)21(16)22(3)7-5-15(26)10-18(13)22/h10,13,16-17,19,21,27,29H,5-9,11-12H2,1-4H3/t13-,16-,17-,19-,21+,22-,23-,24+/m0/s1. The van der Waals surface area contributed by atoms with E-state index in [2.05, 4.69) is 13.8 Å². The van der Waals surface area contributed by atoms with Crippen LogP contribution in [-0.2, 0) is 19.1 Å². The van der Waals surface area contributed by atoms with Crippen LogP contribution in [0.25, 0.3) is 0 Å². The Labute approximate surface area is 178 Å². The number of ether oxygens (including phenoxy) is 1. The number of fused-ring (bicyclic) bond motifs is 5. The van der Waals surface area contributed by atoms with Gasteiger partial charge < -0.3 is 14.9 Å². The SMILES string of the molecule is CC(=O)OCC(=O)[C@]1(O)CC[C@H]2[C@@H]3C[C@H](C)C4=CC(=O)CC[C@]4(C)[C@H]3[C@@H](O)C[C@@]21C.